The van der Waals surface area contributed by atoms with Crippen molar-refractivity contribution in [2.45, 2.75) is 46.1 Å². The van der Waals surface area contributed by atoms with E-state index in [1.54, 1.807) is 6.21 Å². The summed E-state index contributed by atoms with van der Waals surface area (Å²) in [6.07, 6.45) is 3.67. The molecular formula is C8H17NO. The van der Waals surface area contributed by atoms with Crippen molar-refractivity contribution < 1.29 is 4.84 Å². The number of hydrogen-bond donors (Lipinski definition) is 0. The van der Waals surface area contributed by atoms with Crippen molar-refractivity contribution in [1.82, 2.24) is 0 Å². The van der Waals surface area contributed by atoms with Crippen molar-refractivity contribution in [3.8, 4) is 0 Å². The molecule has 0 atom stereocenters. The lowest BCUT2D eigenvalue weighted by molar-refractivity contribution is -0.0336. The largest absolute Gasteiger partial charge is 0.390 e. The van der Waals surface area contributed by atoms with Crippen LogP contribution in [0.5, 0.6) is 0 Å². The van der Waals surface area contributed by atoms with Gasteiger partial charge in [-0.15, -0.1) is 0 Å². The lowest BCUT2D eigenvalue weighted by atomic mass is 10.0. The fraction of sp³-hybridized carbons (Fsp3) is 0.875. The van der Waals surface area contributed by atoms with Gasteiger partial charge in [0.15, 0.2) is 0 Å². The van der Waals surface area contributed by atoms with E-state index >= 15 is 0 Å². The molecule has 2 nitrogen and oxygen atoms in total. The second kappa shape index (κ2) is 4.31. The van der Waals surface area contributed by atoms with E-state index in [0.29, 0.717) is 0 Å². The maximum absolute atomic E-state index is 5.25. The Morgan fingerprint density at radius 2 is 1.90 bits per heavy atom. The molecule has 0 aliphatic rings. The summed E-state index contributed by atoms with van der Waals surface area (Å²) in [6, 6.07) is 0. The van der Waals surface area contributed by atoms with Gasteiger partial charge in [0.25, 0.3) is 0 Å². The summed E-state index contributed by atoms with van der Waals surface area (Å²) in [5.41, 5.74) is -0.0630. The highest BCUT2D eigenvalue weighted by Gasteiger charge is 2.20. The Labute approximate surface area is 63.3 Å². The number of nitrogens with zero attached hydrogens (tertiary/aromatic N) is 1. The molecular weight excluding hydrogens is 126 g/mol. The first kappa shape index (κ1) is 9.47. The van der Waals surface area contributed by atoms with E-state index in [-0.39, 0.29) is 5.60 Å². The highest BCUT2D eigenvalue weighted by molar-refractivity contribution is 5.52. The van der Waals surface area contributed by atoms with Crippen LogP contribution in [-0.4, -0.2) is 11.8 Å². The molecule has 0 N–H and O–H groups in total. The average molecular weight is 143 g/mol. The second-order valence-electron chi connectivity index (χ2n) is 2.61. The molecule has 0 aromatic heterocycles. The highest BCUT2D eigenvalue weighted by atomic mass is 16.6. The van der Waals surface area contributed by atoms with E-state index in [9.17, 15) is 0 Å². The van der Waals surface area contributed by atoms with Gasteiger partial charge in [0.2, 0.25) is 0 Å². The highest BCUT2D eigenvalue weighted by Crippen LogP contribution is 2.18. The first-order chi connectivity index (χ1) is 4.68. The molecule has 0 amide bonds. The Bertz CT molecular complexity index is 106. The van der Waals surface area contributed by atoms with Crippen LogP contribution in [0.2, 0.25) is 0 Å². The fourth-order valence-corrected chi connectivity index (χ4v) is 0.559. The van der Waals surface area contributed by atoms with E-state index in [2.05, 4.69) is 25.9 Å². The molecule has 10 heavy (non-hydrogen) atoms. The minimum Gasteiger partial charge on any atom is -0.390 e. The van der Waals surface area contributed by atoms with E-state index in [1.807, 2.05) is 6.92 Å². The zero-order valence-electron chi connectivity index (χ0n) is 7.35. The molecule has 0 radical (unpaired) electrons. The van der Waals surface area contributed by atoms with Crippen LogP contribution in [0.1, 0.15) is 40.5 Å². The Morgan fingerprint density at radius 3 is 2.20 bits per heavy atom. The van der Waals surface area contributed by atoms with Crippen LogP contribution in [0.4, 0.5) is 0 Å². The van der Waals surface area contributed by atoms with Gasteiger partial charge in [-0.25, -0.2) is 0 Å². The molecule has 60 valence electrons. The summed E-state index contributed by atoms with van der Waals surface area (Å²) < 4.78 is 0. The minimum atomic E-state index is -0.0630. The monoisotopic (exact) mass is 143 g/mol. The number of hydrogen-bond acceptors (Lipinski definition) is 2. The molecule has 0 aromatic carbocycles. The van der Waals surface area contributed by atoms with Gasteiger partial charge >= 0.3 is 0 Å². The van der Waals surface area contributed by atoms with Crippen LogP contribution in [0.3, 0.4) is 0 Å². The SMILES string of the molecule is CC=NOC(C)(CC)CC. The van der Waals surface area contributed by atoms with Crippen molar-refractivity contribution in [1.29, 1.82) is 0 Å². The zero-order valence-corrected chi connectivity index (χ0v) is 7.35. The van der Waals surface area contributed by atoms with Crippen molar-refractivity contribution in [2.75, 3.05) is 0 Å². The summed E-state index contributed by atoms with van der Waals surface area (Å²) in [4.78, 5) is 5.25. The van der Waals surface area contributed by atoms with Crippen LogP contribution in [0.15, 0.2) is 5.16 Å². The van der Waals surface area contributed by atoms with E-state index in [0.717, 1.165) is 12.8 Å². The Kier molecular flexibility index (Phi) is 4.08. The molecule has 0 saturated carbocycles. The lowest BCUT2D eigenvalue weighted by Gasteiger charge is -2.23. The van der Waals surface area contributed by atoms with Crippen molar-refractivity contribution >= 4 is 6.21 Å². The van der Waals surface area contributed by atoms with Gasteiger partial charge in [-0.2, -0.15) is 0 Å². The van der Waals surface area contributed by atoms with E-state index in [1.165, 1.54) is 0 Å². The third-order valence-electron chi connectivity index (χ3n) is 1.87. The fourth-order valence-electron chi connectivity index (χ4n) is 0.559. The molecule has 0 spiro atoms. The van der Waals surface area contributed by atoms with Crippen molar-refractivity contribution in [3.63, 3.8) is 0 Å². The van der Waals surface area contributed by atoms with E-state index in [4.69, 9.17) is 4.84 Å². The maximum atomic E-state index is 5.25. The smallest absolute Gasteiger partial charge is 0.134 e. The topological polar surface area (TPSA) is 21.6 Å². The van der Waals surface area contributed by atoms with Crippen LogP contribution >= 0.6 is 0 Å². The molecule has 0 aliphatic heterocycles. The van der Waals surface area contributed by atoms with Crippen LogP contribution < -0.4 is 0 Å². The summed E-state index contributed by atoms with van der Waals surface area (Å²) in [7, 11) is 0. The molecule has 0 fully saturated rings. The zero-order chi connectivity index (χ0) is 8.04. The normalized spacial score (nSPS) is 12.4. The van der Waals surface area contributed by atoms with Crippen LogP contribution in [0, 0.1) is 0 Å². The molecule has 0 aromatic rings. The van der Waals surface area contributed by atoms with Gasteiger partial charge in [-0.3, -0.25) is 0 Å². The summed E-state index contributed by atoms with van der Waals surface area (Å²) in [6.45, 7) is 8.13. The first-order valence-corrected chi connectivity index (χ1v) is 3.84. The molecule has 0 aliphatic carbocycles. The van der Waals surface area contributed by atoms with Crippen LogP contribution in [0.25, 0.3) is 0 Å². The van der Waals surface area contributed by atoms with Gasteiger partial charge < -0.3 is 4.84 Å². The number of oxime groups is 1. The Balaban J connectivity index is 3.80. The molecule has 2 heteroatoms. The van der Waals surface area contributed by atoms with Gasteiger partial charge in [-0.05, 0) is 26.7 Å². The first-order valence-electron chi connectivity index (χ1n) is 3.84. The standard InChI is InChI=1S/C8H17NO/c1-5-8(4,6-2)10-9-7-3/h7H,5-6H2,1-4H3. The van der Waals surface area contributed by atoms with Gasteiger partial charge in [-0.1, -0.05) is 19.0 Å². The average Bonchev–Trinajstić information content (AvgIpc) is 2.00. The lowest BCUT2D eigenvalue weighted by Crippen LogP contribution is -2.24. The maximum Gasteiger partial charge on any atom is 0.134 e. The second-order valence-corrected chi connectivity index (χ2v) is 2.61. The molecule has 0 bridgehead atoms. The number of rotatable bonds is 4. The van der Waals surface area contributed by atoms with Gasteiger partial charge in [0, 0.05) is 6.21 Å². The Morgan fingerprint density at radius 1 is 1.40 bits per heavy atom. The molecule has 0 saturated heterocycles. The Hall–Kier alpha value is -0.530. The predicted octanol–water partition coefficient (Wildman–Crippen LogP) is 2.59. The van der Waals surface area contributed by atoms with Crippen LogP contribution in [-0.2, 0) is 4.84 Å². The van der Waals surface area contributed by atoms with Crippen molar-refractivity contribution in [2.24, 2.45) is 5.16 Å². The summed E-state index contributed by atoms with van der Waals surface area (Å²) in [5.74, 6) is 0. The quantitative estimate of drug-likeness (QED) is 0.438. The molecule has 0 unspecified atom stereocenters. The van der Waals surface area contributed by atoms with E-state index < -0.39 is 0 Å². The van der Waals surface area contributed by atoms with Gasteiger partial charge in [0.1, 0.15) is 5.60 Å². The van der Waals surface area contributed by atoms with Crippen molar-refractivity contribution in [3.05, 3.63) is 0 Å². The predicted molar refractivity (Wildman–Crippen MR) is 44.2 cm³/mol. The molecule has 0 heterocycles. The summed E-state index contributed by atoms with van der Waals surface area (Å²) in [5, 5.41) is 3.76. The molecule has 0 rings (SSSR count). The van der Waals surface area contributed by atoms with Gasteiger partial charge in [0.05, 0.1) is 0 Å². The third-order valence-corrected chi connectivity index (χ3v) is 1.87. The summed E-state index contributed by atoms with van der Waals surface area (Å²) >= 11 is 0. The third kappa shape index (κ3) is 2.85. The minimum absolute atomic E-state index is 0.0630.